The molecule has 1 aromatic heterocycles. The molecule has 33 heavy (non-hydrogen) atoms. The van der Waals surface area contributed by atoms with Gasteiger partial charge in [-0.1, -0.05) is 52.6 Å². The van der Waals surface area contributed by atoms with Crippen molar-refractivity contribution in [3.63, 3.8) is 0 Å². The lowest BCUT2D eigenvalue weighted by atomic mass is 10.1. The summed E-state index contributed by atoms with van der Waals surface area (Å²) in [5.74, 6) is 1.22. The maximum absolute atomic E-state index is 12.4. The third kappa shape index (κ3) is 6.44. The first-order valence-electron chi connectivity index (χ1n) is 10.0. The van der Waals surface area contributed by atoms with Gasteiger partial charge in [-0.15, -0.1) is 16.8 Å². The van der Waals surface area contributed by atoms with Crippen LogP contribution < -0.4 is 10.1 Å². The zero-order valence-electron chi connectivity index (χ0n) is 18.4. The van der Waals surface area contributed by atoms with Gasteiger partial charge in [0.1, 0.15) is 5.75 Å². The predicted molar refractivity (Wildman–Crippen MR) is 136 cm³/mol. The maximum Gasteiger partial charge on any atom is 0.234 e. The summed E-state index contributed by atoms with van der Waals surface area (Å²) in [5.41, 5.74) is 2.37. The molecule has 0 saturated heterocycles. The van der Waals surface area contributed by atoms with Crippen molar-refractivity contribution < 1.29 is 9.53 Å². The largest absolute Gasteiger partial charge is 0.483 e. The Labute approximate surface area is 212 Å². The summed E-state index contributed by atoms with van der Waals surface area (Å²) in [6.45, 7) is 10.1. The Morgan fingerprint density at radius 1 is 1.21 bits per heavy atom. The molecule has 0 saturated carbocycles. The van der Waals surface area contributed by atoms with Crippen molar-refractivity contribution in [3.05, 3.63) is 75.0 Å². The minimum absolute atomic E-state index is 0.124. The molecule has 0 aliphatic heterocycles. The first-order valence-corrected chi connectivity index (χ1v) is 12.2. The molecule has 1 heterocycles. The SMILES string of the molecule is C=CCn1c(SCC(=O)Nc2ccc(Cl)cc2Cl)nnc1C(C)Oc1cc(C)c(Cl)c(C)c1. The molecule has 3 rings (SSSR count). The molecule has 1 amide bonds. The Balaban J connectivity index is 1.70. The molecule has 10 heteroatoms. The van der Waals surface area contributed by atoms with Gasteiger partial charge in [0, 0.05) is 16.6 Å². The molecule has 0 bridgehead atoms. The van der Waals surface area contributed by atoms with E-state index in [1.807, 2.05) is 37.5 Å². The Bertz CT molecular complexity index is 1160. The number of anilines is 1. The third-order valence-electron chi connectivity index (χ3n) is 4.68. The first-order chi connectivity index (χ1) is 15.7. The fourth-order valence-corrected chi connectivity index (χ4v) is 4.47. The van der Waals surface area contributed by atoms with E-state index in [4.69, 9.17) is 39.5 Å². The zero-order chi connectivity index (χ0) is 24.1. The summed E-state index contributed by atoms with van der Waals surface area (Å²) in [6, 6.07) is 8.67. The second-order valence-corrected chi connectivity index (χ2v) is 9.50. The number of ether oxygens (including phenoxy) is 1. The van der Waals surface area contributed by atoms with Crippen LogP contribution >= 0.6 is 46.6 Å². The Hall–Kier alpha value is -2.19. The van der Waals surface area contributed by atoms with E-state index >= 15 is 0 Å². The van der Waals surface area contributed by atoms with Crippen molar-refractivity contribution in [2.75, 3.05) is 11.1 Å². The molecule has 1 unspecified atom stereocenters. The minimum atomic E-state index is -0.381. The number of hydrogen-bond acceptors (Lipinski definition) is 5. The average Bonchev–Trinajstić information content (AvgIpc) is 3.15. The monoisotopic (exact) mass is 524 g/mol. The minimum Gasteiger partial charge on any atom is -0.483 e. The first kappa shape index (κ1) is 25.4. The fourth-order valence-electron chi connectivity index (χ4n) is 3.15. The Morgan fingerprint density at radius 2 is 1.91 bits per heavy atom. The molecule has 2 aromatic carbocycles. The summed E-state index contributed by atoms with van der Waals surface area (Å²) >= 11 is 19.5. The highest BCUT2D eigenvalue weighted by Crippen LogP contribution is 2.30. The van der Waals surface area contributed by atoms with Crippen LogP contribution in [0.25, 0.3) is 0 Å². The number of carbonyl (C=O) groups is 1. The summed E-state index contributed by atoms with van der Waals surface area (Å²) in [4.78, 5) is 12.4. The smallest absolute Gasteiger partial charge is 0.234 e. The van der Waals surface area contributed by atoms with E-state index in [-0.39, 0.29) is 17.8 Å². The van der Waals surface area contributed by atoms with Gasteiger partial charge in [-0.3, -0.25) is 9.36 Å². The van der Waals surface area contributed by atoms with Crippen molar-refractivity contribution in [2.45, 2.75) is 38.6 Å². The van der Waals surface area contributed by atoms with Gasteiger partial charge >= 0.3 is 0 Å². The number of nitrogens with one attached hydrogen (secondary N) is 1. The number of rotatable bonds is 9. The van der Waals surface area contributed by atoms with Crippen LogP contribution in [0.3, 0.4) is 0 Å². The number of allylic oxidation sites excluding steroid dienone is 1. The van der Waals surface area contributed by atoms with E-state index in [2.05, 4.69) is 22.1 Å². The lowest BCUT2D eigenvalue weighted by Gasteiger charge is -2.17. The van der Waals surface area contributed by atoms with Crippen molar-refractivity contribution >= 4 is 58.2 Å². The second-order valence-electron chi connectivity index (χ2n) is 7.33. The van der Waals surface area contributed by atoms with Gasteiger partial charge in [0.25, 0.3) is 0 Å². The molecule has 0 fully saturated rings. The summed E-state index contributed by atoms with van der Waals surface area (Å²) in [5, 5.41) is 13.5. The molecular formula is C23H23Cl3N4O2S. The average molecular weight is 526 g/mol. The van der Waals surface area contributed by atoms with Gasteiger partial charge in [0.2, 0.25) is 5.91 Å². The van der Waals surface area contributed by atoms with E-state index in [0.717, 1.165) is 16.1 Å². The van der Waals surface area contributed by atoms with Crippen molar-refractivity contribution in [1.82, 2.24) is 14.8 Å². The molecule has 3 aromatic rings. The van der Waals surface area contributed by atoms with E-state index in [0.29, 0.717) is 39.0 Å². The number of thioether (sulfide) groups is 1. The predicted octanol–water partition coefficient (Wildman–Crippen LogP) is 6.91. The third-order valence-corrected chi connectivity index (χ3v) is 6.79. The highest BCUT2D eigenvalue weighted by atomic mass is 35.5. The molecule has 6 nitrogen and oxygen atoms in total. The number of halogens is 3. The standard InChI is InChI=1S/C23H23Cl3N4O2S/c1-5-8-30-22(15(4)32-17-9-13(2)21(26)14(3)10-17)28-29-23(30)33-12-20(31)27-19-7-6-16(24)11-18(19)25/h5-7,9-11,15H,1,8,12H2,2-4H3,(H,27,31). The number of hydrogen-bond donors (Lipinski definition) is 1. The number of carbonyl (C=O) groups excluding carboxylic acids is 1. The molecule has 0 aliphatic rings. The van der Waals surface area contributed by atoms with Gasteiger partial charge in [-0.25, -0.2) is 0 Å². The maximum atomic E-state index is 12.4. The second kappa shape index (κ2) is 11.3. The molecule has 174 valence electrons. The molecule has 1 atom stereocenters. The van der Waals surface area contributed by atoms with Crippen LogP contribution in [0.15, 0.2) is 48.1 Å². The van der Waals surface area contributed by atoms with E-state index < -0.39 is 0 Å². The van der Waals surface area contributed by atoms with Crippen LogP contribution in [0.5, 0.6) is 5.75 Å². The molecule has 1 N–H and O–H groups in total. The number of aryl methyl sites for hydroxylation is 2. The van der Waals surface area contributed by atoms with Crippen molar-refractivity contribution in [2.24, 2.45) is 0 Å². The highest BCUT2D eigenvalue weighted by Gasteiger charge is 2.20. The van der Waals surface area contributed by atoms with Gasteiger partial charge in [-0.05, 0) is 62.2 Å². The van der Waals surface area contributed by atoms with Crippen LogP contribution in [0, 0.1) is 13.8 Å². The summed E-state index contributed by atoms with van der Waals surface area (Å²) in [6.07, 6.45) is 1.36. The van der Waals surface area contributed by atoms with Gasteiger partial charge in [0.05, 0.1) is 16.5 Å². The number of aromatic nitrogens is 3. The van der Waals surface area contributed by atoms with Crippen LogP contribution in [0.4, 0.5) is 5.69 Å². The molecule has 0 aliphatic carbocycles. The zero-order valence-corrected chi connectivity index (χ0v) is 21.4. The van der Waals surface area contributed by atoms with E-state index in [1.165, 1.54) is 11.8 Å². The van der Waals surface area contributed by atoms with Crippen molar-refractivity contribution in [1.29, 1.82) is 0 Å². The molecule has 0 spiro atoms. The topological polar surface area (TPSA) is 69.0 Å². The highest BCUT2D eigenvalue weighted by molar-refractivity contribution is 7.99. The Morgan fingerprint density at radius 3 is 2.55 bits per heavy atom. The fraction of sp³-hybridized carbons (Fsp3) is 0.261. The lowest BCUT2D eigenvalue weighted by molar-refractivity contribution is -0.113. The number of benzene rings is 2. The van der Waals surface area contributed by atoms with Crippen LogP contribution in [0.2, 0.25) is 15.1 Å². The quantitative estimate of drug-likeness (QED) is 0.243. The number of nitrogens with zero attached hydrogens (tertiary/aromatic N) is 3. The number of amides is 1. The normalized spacial score (nSPS) is 11.8. The summed E-state index contributed by atoms with van der Waals surface area (Å²) in [7, 11) is 0. The van der Waals surface area contributed by atoms with E-state index in [1.54, 1.807) is 24.3 Å². The van der Waals surface area contributed by atoms with Crippen molar-refractivity contribution in [3.8, 4) is 5.75 Å². The molecule has 0 radical (unpaired) electrons. The van der Waals surface area contributed by atoms with Crippen LogP contribution in [-0.2, 0) is 11.3 Å². The van der Waals surface area contributed by atoms with Gasteiger partial charge in [0.15, 0.2) is 17.1 Å². The van der Waals surface area contributed by atoms with Crippen LogP contribution in [0.1, 0.15) is 30.0 Å². The molecular weight excluding hydrogens is 503 g/mol. The van der Waals surface area contributed by atoms with Gasteiger partial charge in [-0.2, -0.15) is 0 Å². The van der Waals surface area contributed by atoms with Gasteiger partial charge < -0.3 is 10.1 Å². The van der Waals surface area contributed by atoms with Crippen LogP contribution in [-0.4, -0.2) is 26.4 Å². The summed E-state index contributed by atoms with van der Waals surface area (Å²) < 4.78 is 7.99. The Kier molecular flexibility index (Phi) is 8.70. The lowest BCUT2D eigenvalue weighted by Crippen LogP contribution is -2.16. The van der Waals surface area contributed by atoms with E-state index in [9.17, 15) is 4.79 Å².